The zero-order valence-electron chi connectivity index (χ0n) is 12.2. The summed E-state index contributed by atoms with van der Waals surface area (Å²) in [5.41, 5.74) is 3.73. The predicted molar refractivity (Wildman–Crippen MR) is 88.7 cm³/mol. The summed E-state index contributed by atoms with van der Waals surface area (Å²) in [6, 6.07) is 12.5. The van der Waals surface area contributed by atoms with E-state index in [1.54, 1.807) is 31.5 Å². The number of methoxy groups -OCH3 is 2. The molecule has 0 radical (unpaired) electrons. The van der Waals surface area contributed by atoms with Gasteiger partial charge in [-0.3, -0.25) is 4.79 Å². The Bertz CT molecular complexity index is 684. The molecular weight excluding hydrogens is 348 g/mol. The van der Waals surface area contributed by atoms with Gasteiger partial charge in [-0.25, -0.2) is 5.43 Å². The molecule has 6 heteroatoms. The van der Waals surface area contributed by atoms with Crippen molar-refractivity contribution in [1.29, 1.82) is 0 Å². The van der Waals surface area contributed by atoms with Crippen LogP contribution in [0.25, 0.3) is 0 Å². The number of rotatable bonds is 5. The van der Waals surface area contributed by atoms with Gasteiger partial charge in [0.2, 0.25) is 0 Å². The van der Waals surface area contributed by atoms with E-state index in [0.717, 1.165) is 15.8 Å². The summed E-state index contributed by atoms with van der Waals surface area (Å²) in [6.07, 6.45) is 1.56. The van der Waals surface area contributed by atoms with E-state index in [1.807, 2.05) is 24.3 Å². The lowest BCUT2D eigenvalue weighted by Gasteiger charge is -2.07. The molecule has 114 valence electrons. The Kier molecular flexibility index (Phi) is 5.55. The number of amides is 1. The number of ether oxygens (including phenoxy) is 2. The lowest BCUT2D eigenvalue weighted by Crippen LogP contribution is -2.18. The maximum Gasteiger partial charge on any atom is 0.275 e. The number of nitrogens with one attached hydrogen (secondary N) is 1. The number of benzene rings is 2. The molecule has 0 aromatic heterocycles. The second-order valence-electron chi connectivity index (χ2n) is 4.32. The van der Waals surface area contributed by atoms with Crippen LogP contribution in [0.4, 0.5) is 0 Å². The summed E-state index contributed by atoms with van der Waals surface area (Å²) in [5.74, 6) is 0.906. The molecule has 22 heavy (non-hydrogen) atoms. The first kappa shape index (κ1) is 16.0. The summed E-state index contributed by atoms with van der Waals surface area (Å²) < 4.78 is 11.0. The third kappa shape index (κ3) is 4.08. The minimum Gasteiger partial charge on any atom is -0.497 e. The van der Waals surface area contributed by atoms with Crippen LogP contribution in [-0.4, -0.2) is 26.3 Å². The van der Waals surface area contributed by atoms with Crippen LogP contribution in [0.3, 0.4) is 0 Å². The van der Waals surface area contributed by atoms with Gasteiger partial charge in [0, 0.05) is 4.47 Å². The van der Waals surface area contributed by atoms with Crippen LogP contribution in [-0.2, 0) is 0 Å². The second kappa shape index (κ2) is 7.61. The van der Waals surface area contributed by atoms with Crippen molar-refractivity contribution in [2.75, 3.05) is 14.2 Å². The number of halogens is 1. The summed E-state index contributed by atoms with van der Waals surface area (Å²) in [7, 11) is 3.12. The number of carbonyl (C=O) groups excluding carboxylic acids is 1. The molecule has 0 aliphatic rings. The second-order valence-corrected chi connectivity index (χ2v) is 5.23. The lowest BCUT2D eigenvalue weighted by molar-refractivity contribution is 0.0952. The third-order valence-electron chi connectivity index (χ3n) is 2.90. The van der Waals surface area contributed by atoms with Crippen molar-refractivity contribution in [2.45, 2.75) is 0 Å². The Labute approximate surface area is 137 Å². The fourth-order valence-corrected chi connectivity index (χ4v) is 2.13. The van der Waals surface area contributed by atoms with Crippen LogP contribution < -0.4 is 14.9 Å². The molecule has 1 amide bonds. The number of nitrogens with zero attached hydrogens (tertiary/aromatic N) is 1. The van der Waals surface area contributed by atoms with E-state index < -0.39 is 0 Å². The molecule has 0 heterocycles. The summed E-state index contributed by atoms with van der Waals surface area (Å²) >= 11 is 3.33. The molecule has 2 aromatic carbocycles. The predicted octanol–water partition coefficient (Wildman–Crippen LogP) is 3.23. The molecule has 2 rings (SSSR count). The van der Waals surface area contributed by atoms with Crippen molar-refractivity contribution in [3.8, 4) is 11.5 Å². The van der Waals surface area contributed by atoms with Crippen molar-refractivity contribution >= 4 is 28.1 Å². The molecule has 0 atom stereocenters. The Morgan fingerprint density at radius 2 is 1.86 bits per heavy atom. The summed E-state index contributed by atoms with van der Waals surface area (Å²) in [6.45, 7) is 0. The molecule has 0 aliphatic carbocycles. The number of carbonyl (C=O) groups is 1. The van der Waals surface area contributed by atoms with Gasteiger partial charge in [0.25, 0.3) is 5.91 Å². The maximum atomic E-state index is 12.1. The Balaban J connectivity index is 2.05. The Morgan fingerprint density at radius 1 is 1.14 bits per heavy atom. The van der Waals surface area contributed by atoms with Crippen molar-refractivity contribution in [2.24, 2.45) is 5.10 Å². The number of hydrogen-bond acceptors (Lipinski definition) is 4. The first-order chi connectivity index (χ1) is 10.6. The molecule has 0 spiro atoms. The van der Waals surface area contributed by atoms with Crippen molar-refractivity contribution < 1.29 is 14.3 Å². The van der Waals surface area contributed by atoms with E-state index in [4.69, 9.17) is 9.47 Å². The lowest BCUT2D eigenvalue weighted by atomic mass is 10.2. The van der Waals surface area contributed by atoms with Gasteiger partial charge < -0.3 is 9.47 Å². The fraction of sp³-hybridized carbons (Fsp3) is 0.125. The van der Waals surface area contributed by atoms with Crippen LogP contribution in [0.5, 0.6) is 11.5 Å². The molecule has 2 aromatic rings. The first-order valence-electron chi connectivity index (χ1n) is 6.45. The molecular formula is C16H15BrN2O3. The summed E-state index contributed by atoms with van der Waals surface area (Å²) in [4.78, 5) is 12.1. The Morgan fingerprint density at radius 3 is 2.50 bits per heavy atom. The van der Waals surface area contributed by atoms with Gasteiger partial charge in [0.1, 0.15) is 11.5 Å². The number of hydrogen-bond donors (Lipinski definition) is 1. The standard InChI is InChI=1S/C16H15BrN2O3/c1-21-13-6-3-11(4-7-13)10-18-19-16(20)14-9-12(17)5-8-15(14)22-2/h3-10H,1-2H3,(H,19,20)/b18-10+. The SMILES string of the molecule is COc1ccc(/C=N/NC(=O)c2cc(Br)ccc2OC)cc1. The first-order valence-corrected chi connectivity index (χ1v) is 7.24. The molecule has 1 N–H and O–H groups in total. The molecule has 0 unspecified atom stereocenters. The third-order valence-corrected chi connectivity index (χ3v) is 3.39. The quantitative estimate of drug-likeness (QED) is 0.656. The smallest absolute Gasteiger partial charge is 0.275 e. The zero-order chi connectivity index (χ0) is 15.9. The van der Waals surface area contributed by atoms with Gasteiger partial charge in [0.15, 0.2) is 0 Å². The average Bonchev–Trinajstić information content (AvgIpc) is 2.55. The highest BCUT2D eigenvalue weighted by Crippen LogP contribution is 2.22. The Hall–Kier alpha value is -2.34. The van der Waals surface area contributed by atoms with E-state index >= 15 is 0 Å². The minimum absolute atomic E-state index is 0.345. The van der Waals surface area contributed by atoms with Crippen LogP contribution in [0.2, 0.25) is 0 Å². The van der Waals surface area contributed by atoms with E-state index in [1.165, 1.54) is 7.11 Å². The fourth-order valence-electron chi connectivity index (χ4n) is 1.77. The molecule has 5 nitrogen and oxygen atoms in total. The van der Waals surface area contributed by atoms with Crippen LogP contribution in [0.1, 0.15) is 15.9 Å². The molecule has 0 saturated heterocycles. The van der Waals surface area contributed by atoms with Gasteiger partial charge in [-0.05, 0) is 48.0 Å². The monoisotopic (exact) mass is 362 g/mol. The van der Waals surface area contributed by atoms with E-state index in [2.05, 4.69) is 26.5 Å². The minimum atomic E-state index is -0.345. The van der Waals surface area contributed by atoms with Crippen molar-refractivity contribution in [3.05, 3.63) is 58.1 Å². The molecule has 0 saturated carbocycles. The largest absolute Gasteiger partial charge is 0.497 e. The normalized spacial score (nSPS) is 10.5. The number of hydrazone groups is 1. The van der Waals surface area contributed by atoms with Crippen molar-refractivity contribution in [1.82, 2.24) is 5.43 Å². The highest BCUT2D eigenvalue weighted by molar-refractivity contribution is 9.10. The maximum absolute atomic E-state index is 12.1. The zero-order valence-corrected chi connectivity index (χ0v) is 13.8. The highest BCUT2D eigenvalue weighted by Gasteiger charge is 2.11. The van der Waals surface area contributed by atoms with Crippen LogP contribution in [0.15, 0.2) is 52.0 Å². The summed E-state index contributed by atoms with van der Waals surface area (Å²) in [5, 5.41) is 3.94. The highest BCUT2D eigenvalue weighted by atomic mass is 79.9. The molecule has 0 aliphatic heterocycles. The van der Waals surface area contributed by atoms with Gasteiger partial charge in [0.05, 0.1) is 26.0 Å². The van der Waals surface area contributed by atoms with Crippen molar-refractivity contribution in [3.63, 3.8) is 0 Å². The van der Waals surface area contributed by atoms with Crippen LogP contribution >= 0.6 is 15.9 Å². The van der Waals surface area contributed by atoms with Crippen LogP contribution in [0, 0.1) is 0 Å². The van der Waals surface area contributed by atoms with Gasteiger partial charge in [-0.15, -0.1) is 0 Å². The van der Waals surface area contributed by atoms with E-state index in [0.29, 0.717) is 11.3 Å². The van der Waals surface area contributed by atoms with E-state index in [9.17, 15) is 4.79 Å². The van der Waals surface area contributed by atoms with Gasteiger partial charge >= 0.3 is 0 Å². The topological polar surface area (TPSA) is 59.9 Å². The molecule has 0 bridgehead atoms. The van der Waals surface area contributed by atoms with Gasteiger partial charge in [-0.2, -0.15) is 5.10 Å². The molecule has 0 fully saturated rings. The van der Waals surface area contributed by atoms with E-state index in [-0.39, 0.29) is 5.91 Å². The van der Waals surface area contributed by atoms with Gasteiger partial charge in [-0.1, -0.05) is 15.9 Å². The average molecular weight is 363 g/mol.